The van der Waals surface area contributed by atoms with Crippen molar-refractivity contribution in [2.24, 2.45) is 5.41 Å². The summed E-state index contributed by atoms with van der Waals surface area (Å²) in [5.41, 5.74) is -0.821. The highest BCUT2D eigenvalue weighted by Gasteiger charge is 2.40. The quantitative estimate of drug-likeness (QED) is 0.837. The smallest absolute Gasteiger partial charge is 0.320 e. The zero-order valence-electron chi connectivity index (χ0n) is 13.9. The Kier molecular flexibility index (Phi) is 6.01. The topological polar surface area (TPSA) is 64.1 Å². The lowest BCUT2D eigenvalue weighted by Gasteiger charge is -2.41. The monoisotopic (exact) mass is 299 g/mol. The van der Waals surface area contributed by atoms with Crippen LogP contribution in [0.15, 0.2) is 0 Å². The van der Waals surface area contributed by atoms with Gasteiger partial charge >= 0.3 is 12.0 Å². The lowest BCUT2D eigenvalue weighted by atomic mass is 9.82. The minimum Gasteiger partial charge on any atom is -0.481 e. The Balaban J connectivity index is 2.78. The van der Waals surface area contributed by atoms with Gasteiger partial charge in [-0.1, -0.05) is 0 Å². The molecule has 2 unspecified atom stereocenters. The van der Waals surface area contributed by atoms with Gasteiger partial charge in [-0.25, -0.2) is 4.79 Å². The number of carbonyl (C=O) groups excluding carboxylic acids is 1. The van der Waals surface area contributed by atoms with E-state index in [0.717, 1.165) is 13.0 Å². The van der Waals surface area contributed by atoms with E-state index in [0.29, 0.717) is 26.1 Å². The van der Waals surface area contributed by atoms with Gasteiger partial charge in [0.15, 0.2) is 0 Å². The number of likely N-dealkylation sites (tertiary alicyclic amines) is 1. The molecule has 1 N–H and O–H groups in total. The molecule has 0 aromatic rings. The summed E-state index contributed by atoms with van der Waals surface area (Å²) in [6.45, 7) is 8.09. The van der Waals surface area contributed by atoms with Crippen LogP contribution < -0.4 is 0 Å². The molecule has 0 saturated carbocycles. The van der Waals surface area contributed by atoms with Gasteiger partial charge in [-0.15, -0.1) is 0 Å². The van der Waals surface area contributed by atoms with E-state index in [2.05, 4.69) is 4.90 Å². The minimum absolute atomic E-state index is 0.0426. The third-order valence-electron chi connectivity index (χ3n) is 4.23. The van der Waals surface area contributed by atoms with Crippen LogP contribution in [0.25, 0.3) is 0 Å². The van der Waals surface area contributed by atoms with Gasteiger partial charge in [-0.2, -0.15) is 0 Å². The van der Waals surface area contributed by atoms with Gasteiger partial charge in [0.2, 0.25) is 0 Å². The molecule has 1 heterocycles. The predicted octanol–water partition coefficient (Wildman–Crippen LogP) is 1.57. The zero-order chi connectivity index (χ0) is 16.2. The maximum Gasteiger partial charge on any atom is 0.320 e. The highest BCUT2D eigenvalue weighted by molar-refractivity contribution is 5.78. The van der Waals surface area contributed by atoms with Crippen LogP contribution in [0.1, 0.15) is 33.6 Å². The van der Waals surface area contributed by atoms with Crippen LogP contribution in [0, 0.1) is 5.41 Å². The maximum atomic E-state index is 12.7. The predicted molar refractivity (Wildman–Crippen MR) is 82.3 cm³/mol. The normalized spacial score (nSPS) is 24.0. The van der Waals surface area contributed by atoms with Crippen molar-refractivity contribution in [2.75, 3.05) is 40.3 Å². The Morgan fingerprint density at radius 1 is 1.38 bits per heavy atom. The van der Waals surface area contributed by atoms with Gasteiger partial charge in [-0.3, -0.25) is 4.79 Å². The van der Waals surface area contributed by atoms with E-state index in [1.54, 1.807) is 11.8 Å². The number of hydrogen-bond donors (Lipinski definition) is 1. The van der Waals surface area contributed by atoms with E-state index >= 15 is 0 Å². The number of hydrogen-bond acceptors (Lipinski definition) is 3. The molecule has 0 aromatic heterocycles. The molecule has 122 valence electrons. The Bertz CT molecular complexity index is 386. The van der Waals surface area contributed by atoms with E-state index in [-0.39, 0.29) is 12.1 Å². The van der Waals surface area contributed by atoms with Crippen molar-refractivity contribution in [1.29, 1.82) is 0 Å². The number of aliphatic carboxylic acids is 1. The number of carbonyl (C=O) groups is 2. The molecule has 0 aliphatic carbocycles. The summed E-state index contributed by atoms with van der Waals surface area (Å²) in [6.07, 6.45) is 1.37. The molecule has 0 bridgehead atoms. The average Bonchev–Trinajstić information content (AvgIpc) is 2.38. The van der Waals surface area contributed by atoms with E-state index in [1.165, 1.54) is 0 Å². The molecule has 0 radical (unpaired) electrons. The Labute approximate surface area is 127 Å². The van der Waals surface area contributed by atoms with Gasteiger partial charge in [0, 0.05) is 32.2 Å². The lowest BCUT2D eigenvalue weighted by molar-refractivity contribution is -0.150. The number of urea groups is 1. The first-order valence-corrected chi connectivity index (χ1v) is 7.65. The molecule has 2 amide bonds. The minimum atomic E-state index is -0.821. The summed E-state index contributed by atoms with van der Waals surface area (Å²) in [4.78, 5) is 29.7. The third kappa shape index (κ3) is 4.33. The first-order valence-electron chi connectivity index (χ1n) is 7.65. The maximum absolute atomic E-state index is 12.7. The number of nitrogens with zero attached hydrogens (tertiary/aromatic N) is 3. The Hall–Kier alpha value is -1.30. The van der Waals surface area contributed by atoms with Crippen LogP contribution in [0.5, 0.6) is 0 Å². The number of carboxylic acid groups (broad SMARTS) is 1. The van der Waals surface area contributed by atoms with Gasteiger partial charge in [0.1, 0.15) is 0 Å². The molecule has 1 saturated heterocycles. The summed E-state index contributed by atoms with van der Waals surface area (Å²) >= 11 is 0. The first kappa shape index (κ1) is 17.8. The van der Waals surface area contributed by atoms with Crippen LogP contribution in [-0.4, -0.2) is 78.1 Å². The van der Waals surface area contributed by atoms with Crippen molar-refractivity contribution in [3.8, 4) is 0 Å². The van der Waals surface area contributed by atoms with Gasteiger partial charge in [0.05, 0.1) is 5.41 Å². The van der Waals surface area contributed by atoms with E-state index in [9.17, 15) is 14.7 Å². The Morgan fingerprint density at radius 2 is 2.00 bits per heavy atom. The molecule has 21 heavy (non-hydrogen) atoms. The molecule has 6 heteroatoms. The summed E-state index contributed by atoms with van der Waals surface area (Å²) in [5, 5.41) is 9.36. The Morgan fingerprint density at radius 3 is 2.48 bits per heavy atom. The number of rotatable bonds is 5. The molecule has 0 spiro atoms. The molecule has 1 aliphatic rings. The summed E-state index contributed by atoms with van der Waals surface area (Å²) in [5.74, 6) is -0.815. The second-order valence-corrected chi connectivity index (χ2v) is 6.57. The fraction of sp³-hybridized carbons (Fsp3) is 0.867. The first-order chi connectivity index (χ1) is 9.71. The number of piperidine rings is 1. The SMILES string of the molecule is CCN(C(=O)N1CCCC(C)(C(=O)O)C1)C(C)CN(C)C. The van der Waals surface area contributed by atoms with Crippen LogP contribution in [0.4, 0.5) is 4.79 Å². The van der Waals surface area contributed by atoms with E-state index in [4.69, 9.17) is 0 Å². The molecular formula is C15H29N3O3. The van der Waals surface area contributed by atoms with Crippen LogP contribution in [0.3, 0.4) is 0 Å². The van der Waals surface area contributed by atoms with E-state index < -0.39 is 11.4 Å². The standard InChI is InChI=1S/C15H29N3O3/c1-6-18(12(2)10-16(4)5)14(21)17-9-7-8-15(3,11-17)13(19)20/h12H,6-11H2,1-5H3,(H,19,20). The molecule has 1 aliphatic heterocycles. The average molecular weight is 299 g/mol. The van der Waals surface area contributed by atoms with Crippen LogP contribution in [-0.2, 0) is 4.79 Å². The molecule has 1 rings (SSSR count). The highest BCUT2D eigenvalue weighted by atomic mass is 16.4. The highest BCUT2D eigenvalue weighted by Crippen LogP contribution is 2.30. The second-order valence-electron chi connectivity index (χ2n) is 6.57. The summed E-state index contributed by atoms with van der Waals surface area (Å²) < 4.78 is 0. The van der Waals surface area contributed by atoms with Crippen molar-refractivity contribution in [2.45, 2.75) is 39.7 Å². The van der Waals surface area contributed by atoms with Crippen molar-refractivity contribution in [3.05, 3.63) is 0 Å². The fourth-order valence-electron chi connectivity index (χ4n) is 3.02. The molecular weight excluding hydrogens is 270 g/mol. The fourth-order valence-corrected chi connectivity index (χ4v) is 3.02. The van der Waals surface area contributed by atoms with Gasteiger partial charge in [0.25, 0.3) is 0 Å². The van der Waals surface area contributed by atoms with Crippen molar-refractivity contribution in [3.63, 3.8) is 0 Å². The van der Waals surface area contributed by atoms with Gasteiger partial charge < -0.3 is 19.8 Å². The summed E-state index contributed by atoms with van der Waals surface area (Å²) in [6, 6.07) is 0.0644. The van der Waals surface area contributed by atoms with Crippen molar-refractivity contribution < 1.29 is 14.7 Å². The zero-order valence-corrected chi connectivity index (χ0v) is 13.9. The van der Waals surface area contributed by atoms with Crippen molar-refractivity contribution >= 4 is 12.0 Å². The largest absolute Gasteiger partial charge is 0.481 e. The lowest BCUT2D eigenvalue weighted by Crippen LogP contribution is -2.55. The number of amides is 2. The number of likely N-dealkylation sites (N-methyl/N-ethyl adjacent to an activating group) is 2. The van der Waals surface area contributed by atoms with Crippen molar-refractivity contribution in [1.82, 2.24) is 14.7 Å². The molecule has 2 atom stereocenters. The molecule has 6 nitrogen and oxygen atoms in total. The molecule has 0 aromatic carbocycles. The van der Waals surface area contributed by atoms with Gasteiger partial charge in [-0.05, 0) is 47.7 Å². The van der Waals surface area contributed by atoms with E-state index in [1.807, 2.05) is 32.8 Å². The van der Waals surface area contributed by atoms with Crippen LogP contribution >= 0.6 is 0 Å². The second kappa shape index (κ2) is 7.11. The third-order valence-corrected chi connectivity index (χ3v) is 4.23. The number of carboxylic acids is 1. The summed E-state index contributed by atoms with van der Waals surface area (Å²) in [7, 11) is 3.97. The molecule has 1 fully saturated rings. The van der Waals surface area contributed by atoms with Crippen LogP contribution in [0.2, 0.25) is 0 Å².